The summed E-state index contributed by atoms with van der Waals surface area (Å²) in [6, 6.07) is 22.2. The van der Waals surface area contributed by atoms with Crippen molar-refractivity contribution in [3.8, 4) is 23.0 Å². The van der Waals surface area contributed by atoms with E-state index in [9.17, 15) is 31.1 Å². The van der Waals surface area contributed by atoms with E-state index in [1.165, 1.54) is 38.5 Å². The van der Waals surface area contributed by atoms with E-state index < -0.39 is 35.7 Å². The van der Waals surface area contributed by atoms with Crippen LogP contribution < -0.4 is 24.3 Å². The van der Waals surface area contributed by atoms with Crippen LogP contribution in [0, 0.1) is 6.92 Å². The maximum atomic E-state index is 13.2. The van der Waals surface area contributed by atoms with Crippen molar-refractivity contribution in [1.82, 2.24) is 5.32 Å². The van der Waals surface area contributed by atoms with Gasteiger partial charge in [-0.25, -0.2) is 4.79 Å². The number of aryl methyl sites for hydroxylation is 1. The van der Waals surface area contributed by atoms with Gasteiger partial charge in [-0.3, -0.25) is 0 Å². The van der Waals surface area contributed by atoms with Crippen molar-refractivity contribution in [1.29, 1.82) is 0 Å². The molecule has 1 amide bonds. The molecule has 250 valence electrons. The second-order valence-corrected chi connectivity index (χ2v) is 10.5. The molecular formula is C34H31F6NO6. The summed E-state index contributed by atoms with van der Waals surface area (Å²) in [7, 11) is 2.94. The highest BCUT2D eigenvalue weighted by Crippen LogP contribution is 2.40. The molecule has 4 rings (SSSR count). The number of benzene rings is 4. The minimum absolute atomic E-state index is 0.0356. The highest BCUT2D eigenvalue weighted by molar-refractivity contribution is 5.68. The predicted octanol–water partition coefficient (Wildman–Crippen LogP) is 8.26. The van der Waals surface area contributed by atoms with Crippen molar-refractivity contribution < 1.29 is 54.8 Å². The third kappa shape index (κ3) is 9.47. The van der Waals surface area contributed by atoms with Crippen LogP contribution in [0.15, 0.2) is 91.0 Å². The number of alkyl halides is 6. The van der Waals surface area contributed by atoms with Gasteiger partial charge in [0.2, 0.25) is 0 Å². The Kier molecular flexibility index (Phi) is 10.8. The molecule has 0 fully saturated rings. The number of carbonyl (C=O) groups is 1. The van der Waals surface area contributed by atoms with E-state index in [1.807, 2.05) is 0 Å². The third-order valence-electron chi connectivity index (χ3n) is 7.32. The van der Waals surface area contributed by atoms with Gasteiger partial charge < -0.3 is 29.0 Å². The quantitative estimate of drug-likeness (QED) is 0.154. The van der Waals surface area contributed by atoms with Crippen LogP contribution >= 0.6 is 0 Å². The molecule has 13 heteroatoms. The molecule has 7 nitrogen and oxygen atoms in total. The number of rotatable bonds is 12. The Balaban J connectivity index is 1.75. The second-order valence-electron chi connectivity index (χ2n) is 10.5. The highest BCUT2D eigenvalue weighted by Gasteiger charge is 2.38. The van der Waals surface area contributed by atoms with E-state index in [4.69, 9.17) is 14.2 Å². The molecule has 0 radical (unpaired) electrons. The summed E-state index contributed by atoms with van der Waals surface area (Å²) >= 11 is 0. The van der Waals surface area contributed by atoms with Crippen LogP contribution in [-0.4, -0.2) is 39.6 Å². The van der Waals surface area contributed by atoms with Gasteiger partial charge in [0, 0.05) is 12.0 Å². The number of ether oxygens (including phenoxy) is 5. The van der Waals surface area contributed by atoms with Gasteiger partial charge in [0.15, 0.2) is 11.5 Å². The first kappa shape index (κ1) is 34.8. The molecule has 0 aromatic heterocycles. The molecule has 0 unspecified atom stereocenters. The zero-order valence-corrected chi connectivity index (χ0v) is 25.5. The summed E-state index contributed by atoms with van der Waals surface area (Å²) in [5, 5.41) is 2.67. The highest BCUT2D eigenvalue weighted by atomic mass is 19.4. The van der Waals surface area contributed by atoms with Gasteiger partial charge in [0.25, 0.3) is 0 Å². The fraction of sp³-hybridized carbons (Fsp3) is 0.265. The molecule has 0 bridgehead atoms. The summed E-state index contributed by atoms with van der Waals surface area (Å²) in [5.41, 5.74) is 1.01. The molecule has 4 aromatic rings. The van der Waals surface area contributed by atoms with Crippen LogP contribution in [0.3, 0.4) is 0 Å². The van der Waals surface area contributed by atoms with Crippen molar-refractivity contribution in [2.45, 2.75) is 38.1 Å². The number of carbonyl (C=O) groups excluding carboxylic acids is 1. The van der Waals surface area contributed by atoms with Crippen LogP contribution in [0.1, 0.15) is 27.8 Å². The summed E-state index contributed by atoms with van der Waals surface area (Å²) in [6.45, 7) is 1.31. The molecule has 0 aliphatic heterocycles. The Morgan fingerprint density at radius 2 is 1.23 bits per heavy atom. The summed E-state index contributed by atoms with van der Waals surface area (Å²) in [6.07, 6.45) is -10.9. The Bertz CT molecular complexity index is 1600. The number of alkyl carbamates (subject to hydrolysis) is 1. The SMILES string of the molecule is COc1cc(C)c(COC(=O)NCC(Cc2ccccc2)(c2cccc(OC(F)(F)F)c2)c2cccc(OC(F)(F)F)c2)cc1OC. The van der Waals surface area contributed by atoms with Crippen LogP contribution in [0.5, 0.6) is 23.0 Å². The molecule has 0 aliphatic carbocycles. The zero-order valence-electron chi connectivity index (χ0n) is 25.5. The number of hydrogen-bond acceptors (Lipinski definition) is 6. The van der Waals surface area contributed by atoms with Crippen molar-refractivity contribution in [3.05, 3.63) is 119 Å². The van der Waals surface area contributed by atoms with Crippen molar-refractivity contribution in [2.75, 3.05) is 20.8 Å². The van der Waals surface area contributed by atoms with Crippen LogP contribution in [0.2, 0.25) is 0 Å². The first-order valence-electron chi connectivity index (χ1n) is 14.1. The molecule has 0 heterocycles. The molecule has 0 saturated carbocycles. The molecule has 0 aliphatic rings. The minimum Gasteiger partial charge on any atom is -0.493 e. The Labute approximate surface area is 267 Å². The largest absolute Gasteiger partial charge is 0.573 e. The van der Waals surface area contributed by atoms with Crippen LogP contribution in [0.25, 0.3) is 0 Å². The van der Waals surface area contributed by atoms with Gasteiger partial charge in [-0.1, -0.05) is 54.6 Å². The fourth-order valence-electron chi connectivity index (χ4n) is 5.16. The Morgan fingerprint density at radius 3 is 1.74 bits per heavy atom. The standard InChI is InChI=1S/C34H31F6NO6/c1-22-15-29(43-2)30(44-3)16-24(22)20-45-31(42)41-21-32(19-23-9-5-4-6-10-23,25-11-7-13-27(17-25)46-33(35,36)37)26-12-8-14-28(18-26)47-34(38,39)40/h4-18H,19-21H2,1-3H3,(H,41,42). The lowest BCUT2D eigenvalue weighted by molar-refractivity contribution is -0.275. The van der Waals surface area contributed by atoms with Crippen molar-refractivity contribution in [3.63, 3.8) is 0 Å². The van der Waals surface area contributed by atoms with E-state index in [2.05, 4.69) is 14.8 Å². The van der Waals surface area contributed by atoms with E-state index in [0.717, 1.165) is 29.8 Å². The summed E-state index contributed by atoms with van der Waals surface area (Å²) < 4.78 is 104. The van der Waals surface area contributed by atoms with Gasteiger partial charge in [-0.15, -0.1) is 26.3 Å². The Hall–Kier alpha value is -5.07. The van der Waals surface area contributed by atoms with Crippen LogP contribution in [-0.2, 0) is 23.2 Å². The second kappa shape index (κ2) is 14.6. The van der Waals surface area contributed by atoms with Gasteiger partial charge in [-0.05, 0) is 77.6 Å². The normalized spacial score (nSPS) is 11.9. The van der Waals surface area contributed by atoms with E-state index in [-0.39, 0.29) is 30.7 Å². The lowest BCUT2D eigenvalue weighted by Gasteiger charge is -2.36. The smallest absolute Gasteiger partial charge is 0.493 e. The maximum Gasteiger partial charge on any atom is 0.573 e. The first-order chi connectivity index (χ1) is 22.2. The van der Waals surface area contributed by atoms with E-state index >= 15 is 0 Å². The van der Waals surface area contributed by atoms with Crippen molar-refractivity contribution >= 4 is 6.09 Å². The lowest BCUT2D eigenvalue weighted by atomic mass is 9.70. The maximum absolute atomic E-state index is 13.2. The predicted molar refractivity (Wildman–Crippen MR) is 160 cm³/mol. The van der Waals surface area contributed by atoms with Gasteiger partial charge >= 0.3 is 18.8 Å². The number of methoxy groups -OCH3 is 2. The molecule has 0 spiro atoms. The van der Waals surface area contributed by atoms with E-state index in [0.29, 0.717) is 22.6 Å². The monoisotopic (exact) mass is 663 g/mol. The average molecular weight is 664 g/mol. The van der Waals surface area contributed by atoms with Gasteiger partial charge in [0.05, 0.1) is 14.2 Å². The molecule has 47 heavy (non-hydrogen) atoms. The molecule has 1 N–H and O–H groups in total. The van der Waals surface area contributed by atoms with E-state index in [1.54, 1.807) is 49.4 Å². The number of halogens is 6. The molecule has 0 atom stereocenters. The topological polar surface area (TPSA) is 75.3 Å². The molecule has 4 aromatic carbocycles. The van der Waals surface area contributed by atoms with Gasteiger partial charge in [-0.2, -0.15) is 0 Å². The lowest BCUT2D eigenvalue weighted by Crippen LogP contribution is -2.43. The fourth-order valence-corrected chi connectivity index (χ4v) is 5.16. The molecular weight excluding hydrogens is 632 g/mol. The number of amides is 1. The van der Waals surface area contributed by atoms with Crippen LogP contribution in [0.4, 0.5) is 31.1 Å². The first-order valence-corrected chi connectivity index (χ1v) is 14.1. The zero-order chi connectivity index (χ0) is 34.2. The number of hydrogen-bond donors (Lipinski definition) is 1. The summed E-state index contributed by atoms with van der Waals surface area (Å²) in [4.78, 5) is 13.1. The van der Waals surface area contributed by atoms with Crippen molar-refractivity contribution in [2.24, 2.45) is 0 Å². The van der Waals surface area contributed by atoms with Gasteiger partial charge in [0.1, 0.15) is 18.1 Å². The number of nitrogens with one attached hydrogen (secondary N) is 1. The Morgan fingerprint density at radius 1 is 0.702 bits per heavy atom. The average Bonchev–Trinajstić information content (AvgIpc) is 3.01. The summed E-state index contributed by atoms with van der Waals surface area (Å²) in [5.74, 6) is -0.207. The molecule has 0 saturated heterocycles. The third-order valence-corrected chi connectivity index (χ3v) is 7.32. The minimum atomic E-state index is -5.01.